The van der Waals surface area contributed by atoms with Gasteiger partial charge in [-0.3, -0.25) is 4.79 Å². The van der Waals surface area contributed by atoms with Crippen LogP contribution in [-0.2, 0) is 9.53 Å². The molecular formula is C24H22ClN5O4S. The average molecular weight is 512 g/mol. The maximum absolute atomic E-state index is 12.9. The Labute approximate surface area is 210 Å². The summed E-state index contributed by atoms with van der Waals surface area (Å²) in [4.78, 5) is 27.4. The Morgan fingerprint density at radius 1 is 1.20 bits per heavy atom. The number of amides is 1. The minimum Gasteiger partial charge on any atom is -0.480 e. The van der Waals surface area contributed by atoms with Crippen molar-refractivity contribution >= 4 is 51.3 Å². The summed E-state index contributed by atoms with van der Waals surface area (Å²) in [5.74, 6) is 1.48. The highest BCUT2D eigenvalue weighted by Gasteiger charge is 2.25. The third kappa shape index (κ3) is 5.29. The number of morpholine rings is 1. The molecular weight excluding hydrogens is 490 g/mol. The lowest BCUT2D eigenvalue weighted by Crippen LogP contribution is -2.46. The van der Waals surface area contributed by atoms with E-state index in [9.17, 15) is 4.79 Å². The number of carbonyl (C=O) groups excluding carboxylic acids is 1. The lowest BCUT2D eigenvalue weighted by atomic mass is 10.2. The van der Waals surface area contributed by atoms with E-state index >= 15 is 0 Å². The van der Waals surface area contributed by atoms with E-state index < -0.39 is 6.10 Å². The van der Waals surface area contributed by atoms with E-state index in [0.717, 1.165) is 0 Å². The number of hydrogen-bond acceptors (Lipinski definition) is 9. The number of ether oxygens (including phenoxy) is 3. The fraction of sp³-hybridized carbons (Fsp3) is 0.250. The molecule has 4 aromatic rings. The lowest BCUT2D eigenvalue weighted by molar-refractivity contribution is -0.142. The highest BCUT2D eigenvalue weighted by molar-refractivity contribution is 7.11. The van der Waals surface area contributed by atoms with Gasteiger partial charge < -0.3 is 24.4 Å². The molecule has 1 N–H and O–H groups in total. The summed E-state index contributed by atoms with van der Waals surface area (Å²) in [5.41, 5.74) is 3.08. The van der Waals surface area contributed by atoms with Gasteiger partial charge in [-0.2, -0.15) is 0 Å². The standard InChI is InChI=1S/C24H22ClN5O4S/c1-15(24(31)30-7-9-32-10-8-30)33-20-4-2-3-18-22(20)23(28-13-27-18)29-16-5-6-19(17(25)11-16)34-21-12-26-14-35-21/h2-6,11-15H,7-10H2,1H3,(H,27,28,29). The number of benzene rings is 2. The SMILES string of the molecule is CC(Oc1cccc2ncnc(Nc3ccc(Oc4cncs4)c(Cl)c3)c12)C(=O)N1CCOCC1. The van der Waals surface area contributed by atoms with Crippen LogP contribution in [0.3, 0.4) is 0 Å². The summed E-state index contributed by atoms with van der Waals surface area (Å²) >= 11 is 7.83. The van der Waals surface area contributed by atoms with Crippen molar-refractivity contribution in [2.24, 2.45) is 0 Å². The van der Waals surface area contributed by atoms with Gasteiger partial charge in [-0.1, -0.05) is 29.0 Å². The van der Waals surface area contributed by atoms with Crippen molar-refractivity contribution < 1.29 is 19.0 Å². The monoisotopic (exact) mass is 511 g/mol. The van der Waals surface area contributed by atoms with Crippen molar-refractivity contribution in [1.82, 2.24) is 19.9 Å². The van der Waals surface area contributed by atoms with Crippen LogP contribution in [0.5, 0.6) is 16.6 Å². The summed E-state index contributed by atoms with van der Waals surface area (Å²) < 4.78 is 17.2. The van der Waals surface area contributed by atoms with Gasteiger partial charge in [-0.05, 0) is 37.3 Å². The fourth-order valence-electron chi connectivity index (χ4n) is 3.71. The highest BCUT2D eigenvalue weighted by Crippen LogP contribution is 2.36. The van der Waals surface area contributed by atoms with Crippen LogP contribution in [-0.4, -0.2) is 58.2 Å². The van der Waals surface area contributed by atoms with Gasteiger partial charge in [0.2, 0.25) is 5.06 Å². The Balaban J connectivity index is 1.39. The van der Waals surface area contributed by atoms with Gasteiger partial charge >= 0.3 is 0 Å². The summed E-state index contributed by atoms with van der Waals surface area (Å²) in [6.07, 6.45) is 2.43. The Kier molecular flexibility index (Phi) is 6.94. The van der Waals surface area contributed by atoms with Crippen molar-refractivity contribution in [1.29, 1.82) is 0 Å². The molecule has 0 bridgehead atoms. The summed E-state index contributed by atoms with van der Waals surface area (Å²) in [7, 11) is 0. The van der Waals surface area contributed by atoms with Crippen molar-refractivity contribution in [3.8, 4) is 16.6 Å². The number of thiazole rings is 1. The zero-order chi connectivity index (χ0) is 24.2. The third-order valence-electron chi connectivity index (χ3n) is 5.41. The van der Waals surface area contributed by atoms with Gasteiger partial charge in [-0.25, -0.2) is 15.0 Å². The zero-order valence-corrected chi connectivity index (χ0v) is 20.4. The summed E-state index contributed by atoms with van der Waals surface area (Å²) in [5, 5.41) is 5.04. The van der Waals surface area contributed by atoms with E-state index in [0.29, 0.717) is 70.3 Å². The number of nitrogens with one attached hydrogen (secondary N) is 1. The van der Waals surface area contributed by atoms with Crippen LogP contribution in [0.1, 0.15) is 6.92 Å². The van der Waals surface area contributed by atoms with Crippen LogP contribution < -0.4 is 14.8 Å². The molecule has 1 aliphatic heterocycles. The van der Waals surface area contributed by atoms with Crippen molar-refractivity contribution in [2.45, 2.75) is 13.0 Å². The molecule has 0 spiro atoms. The van der Waals surface area contributed by atoms with Crippen LogP contribution in [0.15, 0.2) is 54.4 Å². The minimum atomic E-state index is -0.677. The molecule has 1 aliphatic rings. The van der Waals surface area contributed by atoms with E-state index in [4.69, 9.17) is 25.8 Å². The molecule has 1 saturated heterocycles. The normalized spacial score (nSPS) is 14.5. The van der Waals surface area contributed by atoms with Crippen LogP contribution in [0, 0.1) is 0 Å². The smallest absolute Gasteiger partial charge is 0.263 e. The van der Waals surface area contributed by atoms with Crippen molar-refractivity contribution in [3.63, 3.8) is 0 Å². The van der Waals surface area contributed by atoms with E-state index in [1.54, 1.807) is 41.7 Å². The molecule has 9 nitrogen and oxygen atoms in total. The topological polar surface area (TPSA) is 98.7 Å². The highest BCUT2D eigenvalue weighted by atomic mass is 35.5. The maximum Gasteiger partial charge on any atom is 0.263 e. The first-order chi connectivity index (χ1) is 17.1. The van der Waals surface area contributed by atoms with E-state index in [-0.39, 0.29) is 5.91 Å². The lowest BCUT2D eigenvalue weighted by Gasteiger charge is -2.29. The van der Waals surface area contributed by atoms with Crippen molar-refractivity contribution in [3.05, 3.63) is 59.5 Å². The average Bonchev–Trinajstić information content (AvgIpc) is 3.39. The molecule has 0 saturated carbocycles. The first kappa shape index (κ1) is 23.3. The van der Waals surface area contributed by atoms with Crippen molar-refractivity contribution in [2.75, 3.05) is 31.6 Å². The number of halogens is 1. The minimum absolute atomic E-state index is 0.0834. The van der Waals surface area contributed by atoms with Crippen LogP contribution >= 0.6 is 22.9 Å². The Hall–Kier alpha value is -3.47. The molecule has 1 unspecified atom stereocenters. The molecule has 11 heteroatoms. The van der Waals surface area contributed by atoms with Gasteiger partial charge in [0.15, 0.2) is 6.10 Å². The van der Waals surface area contributed by atoms with Gasteiger partial charge in [0.25, 0.3) is 5.91 Å². The van der Waals surface area contributed by atoms with E-state index in [1.807, 2.05) is 18.2 Å². The van der Waals surface area contributed by atoms with Crippen LogP contribution in [0.2, 0.25) is 5.02 Å². The second kappa shape index (κ2) is 10.4. The summed E-state index contributed by atoms with van der Waals surface area (Å²) in [6.45, 7) is 3.93. The molecule has 2 aromatic carbocycles. The molecule has 1 amide bonds. The number of aromatic nitrogens is 3. The fourth-order valence-corrected chi connectivity index (χ4v) is 4.42. The Morgan fingerprint density at radius 3 is 2.83 bits per heavy atom. The molecule has 180 valence electrons. The quantitative estimate of drug-likeness (QED) is 0.374. The van der Waals surface area contributed by atoms with Gasteiger partial charge in [0, 0.05) is 18.8 Å². The van der Waals surface area contributed by atoms with Gasteiger partial charge in [0.05, 0.1) is 40.8 Å². The molecule has 1 atom stereocenters. The van der Waals surface area contributed by atoms with Gasteiger partial charge in [-0.15, -0.1) is 0 Å². The van der Waals surface area contributed by atoms with Crippen LogP contribution in [0.25, 0.3) is 10.9 Å². The number of fused-ring (bicyclic) bond motifs is 1. The van der Waals surface area contributed by atoms with E-state index in [2.05, 4.69) is 20.3 Å². The predicted molar refractivity (Wildman–Crippen MR) is 134 cm³/mol. The zero-order valence-electron chi connectivity index (χ0n) is 18.8. The first-order valence-corrected chi connectivity index (χ1v) is 12.2. The third-order valence-corrected chi connectivity index (χ3v) is 6.36. The summed E-state index contributed by atoms with van der Waals surface area (Å²) in [6, 6.07) is 10.9. The number of hydrogen-bond donors (Lipinski definition) is 1. The Morgan fingerprint density at radius 2 is 2.06 bits per heavy atom. The van der Waals surface area contributed by atoms with Gasteiger partial charge in [0.1, 0.15) is 23.6 Å². The molecule has 2 aromatic heterocycles. The second-order valence-corrected chi connectivity index (χ2v) is 9.02. The molecule has 3 heterocycles. The number of nitrogens with zero attached hydrogens (tertiary/aromatic N) is 4. The molecule has 35 heavy (non-hydrogen) atoms. The Bertz CT molecular complexity index is 1330. The predicted octanol–water partition coefficient (Wildman–Crippen LogP) is 4.90. The first-order valence-electron chi connectivity index (χ1n) is 11.0. The number of carbonyl (C=O) groups is 1. The largest absolute Gasteiger partial charge is 0.480 e. The number of rotatable bonds is 7. The number of anilines is 2. The second-order valence-electron chi connectivity index (χ2n) is 7.76. The molecule has 0 aliphatic carbocycles. The maximum atomic E-state index is 12.9. The molecule has 1 fully saturated rings. The molecule has 0 radical (unpaired) electrons. The van der Waals surface area contributed by atoms with Crippen LogP contribution in [0.4, 0.5) is 11.5 Å². The van der Waals surface area contributed by atoms with E-state index in [1.165, 1.54) is 17.7 Å². The molecule has 5 rings (SSSR count).